The van der Waals surface area contributed by atoms with Crippen LogP contribution >= 0.6 is 0 Å². The lowest BCUT2D eigenvalue weighted by molar-refractivity contribution is -0.317. The number of hydrogen-bond donors (Lipinski definition) is 6. The molecule has 0 spiro atoms. The summed E-state index contributed by atoms with van der Waals surface area (Å²) in [5.41, 5.74) is 0. The highest BCUT2D eigenvalue weighted by Gasteiger charge is 2.47. The van der Waals surface area contributed by atoms with Gasteiger partial charge in [0.05, 0.1) is 19.2 Å². The Kier molecular flexibility index (Phi) is 7.84. The van der Waals surface area contributed by atoms with E-state index in [4.69, 9.17) is 4.74 Å². The summed E-state index contributed by atoms with van der Waals surface area (Å²) in [6, 6.07) is -0.135. The maximum absolute atomic E-state index is 11.2. The average Bonchev–Trinajstić information content (AvgIpc) is 2.48. The fourth-order valence-electron chi connectivity index (χ4n) is 2.46. The minimum absolute atomic E-state index is 0.0554. The second-order valence-corrected chi connectivity index (χ2v) is 5.78. The van der Waals surface area contributed by atoms with Crippen LogP contribution in [0, 0.1) is 0 Å². The molecule has 1 saturated heterocycles. The Morgan fingerprint density at radius 2 is 2.05 bits per heavy atom. The standard InChI is InChI=1S/C14H28N2O6/c1-9(17)10(15-2)5-3-4-6-16-8-14(21)13(20)12(19)11(18)7-22-14/h10-13,15-16,18-21H,3-8H2,1-2H3/t10-,11?,12?,13?,14?/m0/s1. The van der Waals surface area contributed by atoms with Crippen LogP contribution in [0.2, 0.25) is 0 Å². The van der Waals surface area contributed by atoms with Crippen LogP contribution in [0.3, 0.4) is 0 Å². The molecule has 0 aliphatic carbocycles. The van der Waals surface area contributed by atoms with E-state index in [1.165, 1.54) is 0 Å². The third-order valence-electron chi connectivity index (χ3n) is 4.00. The Balaban J connectivity index is 2.22. The van der Waals surface area contributed by atoms with E-state index >= 15 is 0 Å². The van der Waals surface area contributed by atoms with Crippen LogP contribution < -0.4 is 10.6 Å². The van der Waals surface area contributed by atoms with Crippen molar-refractivity contribution in [2.24, 2.45) is 0 Å². The van der Waals surface area contributed by atoms with Gasteiger partial charge in [-0.25, -0.2) is 0 Å². The number of carbonyl (C=O) groups is 1. The molecule has 8 heteroatoms. The number of rotatable bonds is 9. The maximum atomic E-state index is 11.2. The van der Waals surface area contributed by atoms with Gasteiger partial charge in [-0.05, 0) is 33.4 Å². The number of aliphatic hydroxyl groups excluding tert-OH is 3. The fourth-order valence-corrected chi connectivity index (χ4v) is 2.46. The zero-order valence-electron chi connectivity index (χ0n) is 13.2. The second-order valence-electron chi connectivity index (χ2n) is 5.78. The largest absolute Gasteiger partial charge is 0.388 e. The molecule has 1 aliphatic rings. The van der Waals surface area contributed by atoms with Crippen molar-refractivity contribution in [1.82, 2.24) is 10.6 Å². The van der Waals surface area contributed by atoms with E-state index in [9.17, 15) is 25.2 Å². The first-order valence-corrected chi connectivity index (χ1v) is 7.60. The van der Waals surface area contributed by atoms with E-state index < -0.39 is 24.1 Å². The molecular weight excluding hydrogens is 292 g/mol. The van der Waals surface area contributed by atoms with Crippen molar-refractivity contribution in [3.63, 3.8) is 0 Å². The Morgan fingerprint density at radius 3 is 2.64 bits per heavy atom. The highest BCUT2D eigenvalue weighted by atomic mass is 16.6. The van der Waals surface area contributed by atoms with Crippen LogP contribution in [0.1, 0.15) is 26.2 Å². The van der Waals surface area contributed by atoms with Gasteiger partial charge in [0.1, 0.15) is 24.1 Å². The smallest absolute Gasteiger partial charge is 0.207 e. The first-order chi connectivity index (χ1) is 10.3. The van der Waals surface area contributed by atoms with Gasteiger partial charge in [0.15, 0.2) is 0 Å². The van der Waals surface area contributed by atoms with Crippen molar-refractivity contribution >= 4 is 5.78 Å². The molecule has 1 aliphatic heterocycles. The Labute approximate surface area is 130 Å². The van der Waals surface area contributed by atoms with Gasteiger partial charge >= 0.3 is 0 Å². The molecule has 0 aromatic heterocycles. The quantitative estimate of drug-likeness (QED) is 0.262. The number of ketones is 1. The molecule has 1 fully saturated rings. The number of likely N-dealkylation sites (N-methyl/N-ethyl adjacent to an activating group) is 1. The molecule has 22 heavy (non-hydrogen) atoms. The SMILES string of the molecule is CN[C@@H](CCCCNCC1(O)OCC(O)C(O)C1O)C(C)=O. The van der Waals surface area contributed by atoms with Crippen molar-refractivity contribution in [3.05, 3.63) is 0 Å². The predicted molar refractivity (Wildman–Crippen MR) is 79.2 cm³/mol. The van der Waals surface area contributed by atoms with Crippen LogP contribution in [-0.4, -0.2) is 83.1 Å². The Morgan fingerprint density at radius 1 is 1.36 bits per heavy atom. The minimum atomic E-state index is -1.91. The lowest BCUT2D eigenvalue weighted by atomic mass is 9.97. The van der Waals surface area contributed by atoms with Gasteiger partial charge in [-0.1, -0.05) is 6.42 Å². The highest BCUT2D eigenvalue weighted by molar-refractivity contribution is 5.81. The molecule has 1 rings (SSSR count). The number of aliphatic hydroxyl groups is 4. The highest BCUT2D eigenvalue weighted by Crippen LogP contribution is 2.23. The third-order valence-corrected chi connectivity index (χ3v) is 4.00. The van der Waals surface area contributed by atoms with Gasteiger partial charge in [-0.3, -0.25) is 4.79 Å². The first-order valence-electron chi connectivity index (χ1n) is 7.60. The second kappa shape index (κ2) is 8.88. The van der Waals surface area contributed by atoms with Crippen molar-refractivity contribution < 1.29 is 30.0 Å². The van der Waals surface area contributed by atoms with Gasteiger partial charge in [-0.15, -0.1) is 0 Å². The molecule has 4 unspecified atom stereocenters. The molecule has 6 N–H and O–H groups in total. The molecule has 130 valence electrons. The number of ether oxygens (including phenoxy) is 1. The van der Waals surface area contributed by atoms with Crippen LogP contribution in [0.15, 0.2) is 0 Å². The van der Waals surface area contributed by atoms with E-state index in [1.54, 1.807) is 14.0 Å². The molecule has 0 saturated carbocycles. The van der Waals surface area contributed by atoms with Gasteiger partial charge in [0.2, 0.25) is 5.79 Å². The number of carbonyl (C=O) groups excluding carboxylic acids is 1. The van der Waals surface area contributed by atoms with Crippen LogP contribution in [0.5, 0.6) is 0 Å². The summed E-state index contributed by atoms with van der Waals surface area (Å²) in [5, 5.41) is 44.7. The molecule has 8 nitrogen and oxygen atoms in total. The summed E-state index contributed by atoms with van der Waals surface area (Å²) in [7, 11) is 1.75. The molecule has 0 radical (unpaired) electrons. The normalized spacial score (nSPS) is 33.6. The molecule has 0 bridgehead atoms. The van der Waals surface area contributed by atoms with Gasteiger partial charge in [0.25, 0.3) is 0 Å². The van der Waals surface area contributed by atoms with Crippen molar-refractivity contribution in [1.29, 1.82) is 0 Å². The Hall–Kier alpha value is -0.610. The number of nitrogens with one attached hydrogen (secondary N) is 2. The van der Waals surface area contributed by atoms with E-state index in [2.05, 4.69) is 10.6 Å². The summed E-state index contributed by atoms with van der Waals surface area (Å²) in [5.74, 6) is -1.80. The van der Waals surface area contributed by atoms with Crippen LogP contribution in [0.25, 0.3) is 0 Å². The zero-order valence-corrected chi connectivity index (χ0v) is 13.2. The molecule has 1 heterocycles. The average molecular weight is 320 g/mol. The summed E-state index contributed by atoms with van der Waals surface area (Å²) in [6.45, 7) is 1.83. The summed E-state index contributed by atoms with van der Waals surface area (Å²) < 4.78 is 5.03. The van der Waals surface area contributed by atoms with E-state index in [1.807, 2.05) is 0 Å². The predicted octanol–water partition coefficient (Wildman–Crippen LogP) is -2.28. The van der Waals surface area contributed by atoms with Crippen molar-refractivity contribution in [3.8, 4) is 0 Å². The molecule has 0 amide bonds. The Bertz CT molecular complexity index is 356. The molecular formula is C14H28N2O6. The van der Waals surface area contributed by atoms with Crippen molar-refractivity contribution in [2.45, 2.75) is 56.3 Å². The molecule has 5 atom stereocenters. The zero-order chi connectivity index (χ0) is 16.8. The third kappa shape index (κ3) is 5.24. The number of unbranched alkanes of at least 4 members (excludes halogenated alkanes) is 1. The van der Waals surface area contributed by atoms with Gasteiger partial charge < -0.3 is 35.8 Å². The van der Waals surface area contributed by atoms with E-state index in [0.29, 0.717) is 6.54 Å². The molecule has 0 aromatic rings. The van der Waals surface area contributed by atoms with Gasteiger partial charge in [0, 0.05) is 0 Å². The lowest BCUT2D eigenvalue weighted by Gasteiger charge is -2.41. The van der Waals surface area contributed by atoms with E-state index in [0.717, 1.165) is 19.3 Å². The maximum Gasteiger partial charge on any atom is 0.207 e. The lowest BCUT2D eigenvalue weighted by Crippen LogP contribution is -2.64. The van der Waals surface area contributed by atoms with Crippen LogP contribution in [0.4, 0.5) is 0 Å². The summed E-state index contributed by atoms with van der Waals surface area (Å²) in [4.78, 5) is 11.2. The van der Waals surface area contributed by atoms with E-state index in [-0.39, 0.29) is 25.0 Å². The molecule has 0 aromatic carbocycles. The number of Topliss-reactive ketones (excluding diaryl/α,β-unsaturated/α-hetero) is 1. The minimum Gasteiger partial charge on any atom is -0.388 e. The van der Waals surface area contributed by atoms with Crippen molar-refractivity contribution in [2.75, 3.05) is 26.7 Å². The topological polar surface area (TPSA) is 131 Å². The summed E-state index contributed by atoms with van der Waals surface area (Å²) in [6.07, 6.45) is -1.85. The fraction of sp³-hybridized carbons (Fsp3) is 0.929. The first kappa shape index (κ1) is 19.4. The summed E-state index contributed by atoms with van der Waals surface area (Å²) >= 11 is 0. The van der Waals surface area contributed by atoms with Crippen LogP contribution in [-0.2, 0) is 9.53 Å². The van der Waals surface area contributed by atoms with Gasteiger partial charge in [-0.2, -0.15) is 0 Å². The monoisotopic (exact) mass is 320 g/mol. The number of hydrogen-bond acceptors (Lipinski definition) is 8.